The molecule has 0 saturated carbocycles. The standard InChI is InChI=1S/C14H24N4O/c1-3-15-10-12-7-8-14(17-16-12)18(2)11-13-6-4-5-9-19-13/h7-8,13,15H,3-6,9-11H2,1-2H3. The van der Waals surface area contributed by atoms with Gasteiger partial charge in [0.15, 0.2) is 5.82 Å². The summed E-state index contributed by atoms with van der Waals surface area (Å²) in [5.41, 5.74) is 0.980. The van der Waals surface area contributed by atoms with Crippen LogP contribution in [0.15, 0.2) is 12.1 Å². The van der Waals surface area contributed by atoms with Gasteiger partial charge in [0, 0.05) is 26.7 Å². The summed E-state index contributed by atoms with van der Waals surface area (Å²) in [7, 11) is 2.05. The van der Waals surface area contributed by atoms with E-state index >= 15 is 0 Å². The first-order valence-electron chi connectivity index (χ1n) is 7.15. The predicted molar refractivity (Wildman–Crippen MR) is 76.3 cm³/mol. The van der Waals surface area contributed by atoms with E-state index in [0.29, 0.717) is 6.10 Å². The summed E-state index contributed by atoms with van der Waals surface area (Å²) in [4.78, 5) is 2.13. The first-order valence-corrected chi connectivity index (χ1v) is 7.15. The Balaban J connectivity index is 1.85. The molecule has 19 heavy (non-hydrogen) atoms. The minimum absolute atomic E-state index is 0.335. The van der Waals surface area contributed by atoms with Gasteiger partial charge in [-0.15, -0.1) is 5.10 Å². The predicted octanol–water partition coefficient (Wildman–Crippen LogP) is 1.59. The zero-order valence-corrected chi connectivity index (χ0v) is 11.9. The minimum Gasteiger partial charge on any atom is -0.376 e. The van der Waals surface area contributed by atoms with E-state index in [9.17, 15) is 0 Å². The van der Waals surface area contributed by atoms with E-state index in [1.165, 1.54) is 12.8 Å². The van der Waals surface area contributed by atoms with Crippen molar-refractivity contribution >= 4 is 5.82 Å². The molecule has 1 aliphatic heterocycles. The average molecular weight is 264 g/mol. The Labute approximate surface area is 115 Å². The van der Waals surface area contributed by atoms with Crippen molar-refractivity contribution in [2.45, 2.75) is 38.8 Å². The zero-order chi connectivity index (χ0) is 13.5. The van der Waals surface area contributed by atoms with Crippen LogP contribution in [0.1, 0.15) is 31.9 Å². The van der Waals surface area contributed by atoms with Gasteiger partial charge >= 0.3 is 0 Å². The molecule has 0 amide bonds. The molecule has 0 aliphatic carbocycles. The maximum Gasteiger partial charge on any atom is 0.151 e. The highest BCUT2D eigenvalue weighted by Gasteiger charge is 2.16. The lowest BCUT2D eigenvalue weighted by Crippen LogP contribution is -2.33. The van der Waals surface area contributed by atoms with E-state index < -0.39 is 0 Å². The number of likely N-dealkylation sites (N-methyl/N-ethyl adjacent to an activating group) is 1. The van der Waals surface area contributed by atoms with E-state index in [-0.39, 0.29) is 0 Å². The number of nitrogens with zero attached hydrogens (tertiary/aromatic N) is 3. The van der Waals surface area contributed by atoms with Gasteiger partial charge in [-0.05, 0) is 37.9 Å². The van der Waals surface area contributed by atoms with Crippen LogP contribution in [0.5, 0.6) is 0 Å². The number of rotatable bonds is 6. The summed E-state index contributed by atoms with van der Waals surface area (Å²) < 4.78 is 5.75. The molecule has 1 atom stereocenters. The lowest BCUT2D eigenvalue weighted by atomic mass is 10.1. The van der Waals surface area contributed by atoms with Gasteiger partial charge in [0.25, 0.3) is 0 Å². The quantitative estimate of drug-likeness (QED) is 0.845. The van der Waals surface area contributed by atoms with Gasteiger partial charge in [0.05, 0.1) is 11.8 Å². The Morgan fingerprint density at radius 2 is 2.26 bits per heavy atom. The third-order valence-corrected chi connectivity index (χ3v) is 3.40. The van der Waals surface area contributed by atoms with Crippen molar-refractivity contribution in [3.8, 4) is 0 Å². The highest BCUT2D eigenvalue weighted by Crippen LogP contribution is 2.16. The summed E-state index contributed by atoms with van der Waals surface area (Å²) in [6.45, 7) is 5.59. The molecule has 0 spiro atoms. The van der Waals surface area contributed by atoms with Crippen LogP contribution in [0, 0.1) is 0 Å². The molecular weight excluding hydrogens is 240 g/mol. The van der Waals surface area contributed by atoms with Crippen molar-refractivity contribution in [3.63, 3.8) is 0 Å². The molecule has 2 rings (SSSR count). The molecule has 1 aromatic rings. The van der Waals surface area contributed by atoms with Crippen LogP contribution in [-0.4, -0.2) is 43.0 Å². The second-order valence-electron chi connectivity index (χ2n) is 5.03. The molecule has 1 N–H and O–H groups in total. The van der Waals surface area contributed by atoms with Crippen molar-refractivity contribution in [1.82, 2.24) is 15.5 Å². The van der Waals surface area contributed by atoms with E-state index in [4.69, 9.17) is 4.74 Å². The molecular formula is C14H24N4O. The summed E-state index contributed by atoms with van der Waals surface area (Å²) in [6, 6.07) is 4.06. The minimum atomic E-state index is 0.335. The Kier molecular flexibility index (Phi) is 5.54. The maximum atomic E-state index is 5.75. The van der Waals surface area contributed by atoms with Crippen molar-refractivity contribution < 1.29 is 4.74 Å². The Hall–Kier alpha value is -1.20. The molecule has 0 radical (unpaired) electrons. The first kappa shape index (κ1) is 14.2. The first-order chi connectivity index (χ1) is 9.29. The molecule has 5 nitrogen and oxygen atoms in total. The highest BCUT2D eigenvalue weighted by molar-refractivity contribution is 5.36. The van der Waals surface area contributed by atoms with E-state index in [1.54, 1.807) is 0 Å². The van der Waals surface area contributed by atoms with Gasteiger partial charge in [0.1, 0.15) is 0 Å². The Morgan fingerprint density at radius 3 is 2.89 bits per heavy atom. The maximum absolute atomic E-state index is 5.75. The van der Waals surface area contributed by atoms with Crippen LogP contribution in [0.3, 0.4) is 0 Å². The molecule has 1 fully saturated rings. The number of hydrogen-bond donors (Lipinski definition) is 1. The van der Waals surface area contributed by atoms with Crippen LogP contribution >= 0.6 is 0 Å². The van der Waals surface area contributed by atoms with Gasteiger partial charge in [-0.3, -0.25) is 0 Å². The van der Waals surface area contributed by atoms with Gasteiger partial charge < -0.3 is 15.0 Å². The average Bonchev–Trinajstić information content (AvgIpc) is 2.46. The molecule has 1 aromatic heterocycles. The molecule has 1 aliphatic rings. The van der Waals surface area contributed by atoms with Gasteiger partial charge in [0.2, 0.25) is 0 Å². The molecule has 5 heteroatoms. The van der Waals surface area contributed by atoms with E-state index in [2.05, 4.69) is 27.3 Å². The second-order valence-corrected chi connectivity index (χ2v) is 5.03. The molecule has 2 heterocycles. The number of hydrogen-bond acceptors (Lipinski definition) is 5. The van der Waals surface area contributed by atoms with Crippen LogP contribution in [0.2, 0.25) is 0 Å². The van der Waals surface area contributed by atoms with Crippen LogP contribution in [0.25, 0.3) is 0 Å². The normalized spacial score (nSPS) is 19.4. The second kappa shape index (κ2) is 7.40. The third kappa shape index (κ3) is 4.44. The van der Waals surface area contributed by atoms with Gasteiger partial charge in [-0.25, -0.2) is 0 Å². The lowest BCUT2D eigenvalue weighted by Gasteiger charge is -2.27. The molecule has 0 aromatic carbocycles. The summed E-state index contributed by atoms with van der Waals surface area (Å²) >= 11 is 0. The topological polar surface area (TPSA) is 50.3 Å². The smallest absolute Gasteiger partial charge is 0.151 e. The Bertz CT molecular complexity index is 362. The molecule has 106 valence electrons. The van der Waals surface area contributed by atoms with Crippen molar-refractivity contribution in [1.29, 1.82) is 0 Å². The summed E-state index contributed by atoms with van der Waals surface area (Å²) in [5.74, 6) is 0.912. The number of anilines is 1. The van der Waals surface area contributed by atoms with Crippen LogP contribution in [0.4, 0.5) is 5.82 Å². The molecule has 0 bridgehead atoms. The number of ether oxygens (including phenoxy) is 1. The fourth-order valence-electron chi connectivity index (χ4n) is 2.25. The van der Waals surface area contributed by atoms with Crippen molar-refractivity contribution in [2.75, 3.05) is 31.6 Å². The fraction of sp³-hybridized carbons (Fsp3) is 0.714. The Morgan fingerprint density at radius 1 is 1.37 bits per heavy atom. The van der Waals surface area contributed by atoms with Gasteiger partial charge in [-0.1, -0.05) is 6.92 Å². The largest absolute Gasteiger partial charge is 0.376 e. The number of nitrogens with one attached hydrogen (secondary N) is 1. The lowest BCUT2D eigenvalue weighted by molar-refractivity contribution is 0.0215. The van der Waals surface area contributed by atoms with Gasteiger partial charge in [-0.2, -0.15) is 5.10 Å². The van der Waals surface area contributed by atoms with E-state index in [1.807, 2.05) is 19.2 Å². The highest BCUT2D eigenvalue weighted by atomic mass is 16.5. The van der Waals surface area contributed by atoms with Crippen molar-refractivity contribution in [3.05, 3.63) is 17.8 Å². The number of aromatic nitrogens is 2. The molecule has 1 saturated heterocycles. The van der Waals surface area contributed by atoms with Crippen LogP contribution < -0.4 is 10.2 Å². The van der Waals surface area contributed by atoms with Crippen LogP contribution in [-0.2, 0) is 11.3 Å². The fourth-order valence-corrected chi connectivity index (χ4v) is 2.25. The monoisotopic (exact) mass is 264 g/mol. The zero-order valence-electron chi connectivity index (χ0n) is 11.9. The summed E-state index contributed by atoms with van der Waals surface area (Å²) in [6.07, 6.45) is 3.95. The summed E-state index contributed by atoms with van der Waals surface area (Å²) in [5, 5.41) is 11.8. The van der Waals surface area contributed by atoms with Crippen molar-refractivity contribution in [2.24, 2.45) is 0 Å². The SMILES string of the molecule is CCNCc1ccc(N(C)CC2CCCCO2)nn1. The third-order valence-electron chi connectivity index (χ3n) is 3.40. The molecule has 1 unspecified atom stereocenters. The van der Waals surface area contributed by atoms with E-state index in [0.717, 1.165) is 44.2 Å².